The molecule has 1 heterocycles. The van der Waals surface area contributed by atoms with Crippen molar-refractivity contribution in [2.24, 2.45) is 0 Å². The molecule has 0 bridgehead atoms. The maximum Gasteiger partial charge on any atom is 0.310 e. The number of nitrogens with zero attached hydrogens (tertiary/aromatic N) is 1. The lowest BCUT2D eigenvalue weighted by Gasteiger charge is -2.39. The first-order valence-electron chi connectivity index (χ1n) is 9.49. The number of anilines is 2. The number of hydrogen-bond acceptors (Lipinski definition) is 4. The van der Waals surface area contributed by atoms with Crippen molar-refractivity contribution in [3.05, 3.63) is 58.6 Å². The van der Waals surface area contributed by atoms with E-state index in [2.05, 4.69) is 5.32 Å². The highest BCUT2D eigenvalue weighted by Gasteiger charge is 2.32. The van der Waals surface area contributed by atoms with Gasteiger partial charge in [-0.05, 0) is 61.7 Å². The van der Waals surface area contributed by atoms with Crippen LogP contribution in [0.5, 0.6) is 0 Å². The third-order valence-corrected chi connectivity index (χ3v) is 5.17. The molecule has 0 saturated heterocycles. The first-order chi connectivity index (χ1) is 13.4. The third-order valence-electron chi connectivity index (χ3n) is 4.92. The fourth-order valence-corrected chi connectivity index (χ4v) is 3.89. The fourth-order valence-electron chi connectivity index (χ4n) is 3.77. The number of halogens is 1. The highest BCUT2D eigenvalue weighted by molar-refractivity contribution is 6.30. The minimum atomic E-state index is -0.253. The third kappa shape index (κ3) is 4.47. The summed E-state index contributed by atoms with van der Waals surface area (Å²) < 4.78 is 5.07. The smallest absolute Gasteiger partial charge is 0.310 e. The number of hydrogen-bond donors (Lipinski definition) is 1. The molecule has 2 aromatic rings. The Labute approximate surface area is 170 Å². The molecule has 28 heavy (non-hydrogen) atoms. The predicted molar refractivity (Wildman–Crippen MR) is 112 cm³/mol. The maximum atomic E-state index is 12.2. The molecule has 148 valence electrons. The monoisotopic (exact) mass is 400 g/mol. The van der Waals surface area contributed by atoms with E-state index in [9.17, 15) is 9.59 Å². The zero-order valence-corrected chi connectivity index (χ0v) is 17.1. The summed E-state index contributed by atoms with van der Waals surface area (Å²) in [5.41, 5.74) is 3.72. The second-order valence-electron chi connectivity index (χ2n) is 7.05. The van der Waals surface area contributed by atoms with Crippen LogP contribution in [0.2, 0.25) is 5.02 Å². The van der Waals surface area contributed by atoms with Gasteiger partial charge in [-0.15, -0.1) is 0 Å². The van der Waals surface area contributed by atoms with Gasteiger partial charge in [0.2, 0.25) is 5.91 Å². The Balaban J connectivity index is 1.95. The van der Waals surface area contributed by atoms with Crippen LogP contribution in [-0.4, -0.2) is 24.5 Å². The number of fused-ring (bicyclic) bond motifs is 1. The van der Waals surface area contributed by atoms with Crippen molar-refractivity contribution in [1.82, 2.24) is 0 Å². The van der Waals surface area contributed by atoms with Gasteiger partial charge in [0.05, 0.1) is 19.1 Å². The molecule has 6 heteroatoms. The standard InChI is InChI=1S/C22H25ClN2O3/c1-4-28-22(27)13-16-5-10-21-19(12-16)20(11-14(2)25(21)15(3)26)24-18-8-6-17(23)7-9-18/h5-10,12,14,20,24H,4,11,13H2,1-3H3. The summed E-state index contributed by atoms with van der Waals surface area (Å²) in [6.45, 7) is 5.79. The Kier molecular flexibility index (Phi) is 6.25. The summed E-state index contributed by atoms with van der Waals surface area (Å²) in [5, 5.41) is 4.23. The molecule has 1 N–H and O–H groups in total. The van der Waals surface area contributed by atoms with E-state index in [1.807, 2.05) is 54.3 Å². The zero-order valence-electron chi connectivity index (χ0n) is 16.4. The summed E-state index contributed by atoms with van der Waals surface area (Å²) in [7, 11) is 0. The van der Waals surface area contributed by atoms with Gasteiger partial charge in [0.15, 0.2) is 0 Å². The van der Waals surface area contributed by atoms with Crippen molar-refractivity contribution in [3.63, 3.8) is 0 Å². The second-order valence-corrected chi connectivity index (χ2v) is 7.49. The van der Waals surface area contributed by atoms with E-state index in [1.54, 1.807) is 13.8 Å². The van der Waals surface area contributed by atoms with Crippen molar-refractivity contribution in [2.45, 2.75) is 45.7 Å². The molecule has 2 unspecified atom stereocenters. The lowest BCUT2D eigenvalue weighted by molar-refractivity contribution is -0.142. The fraction of sp³-hybridized carbons (Fsp3) is 0.364. The van der Waals surface area contributed by atoms with Crippen LogP contribution in [-0.2, 0) is 20.7 Å². The van der Waals surface area contributed by atoms with Gasteiger partial charge >= 0.3 is 5.97 Å². The Morgan fingerprint density at radius 1 is 1.21 bits per heavy atom. The number of esters is 1. The van der Waals surface area contributed by atoms with Crippen LogP contribution in [0, 0.1) is 0 Å². The number of nitrogens with one attached hydrogen (secondary N) is 1. The van der Waals surface area contributed by atoms with E-state index in [0.717, 1.165) is 28.9 Å². The summed E-state index contributed by atoms with van der Waals surface area (Å²) in [5.74, 6) is -0.242. The summed E-state index contributed by atoms with van der Waals surface area (Å²) in [6, 6.07) is 13.5. The number of carbonyl (C=O) groups is 2. The molecule has 3 rings (SSSR count). The molecule has 1 aliphatic heterocycles. The van der Waals surface area contributed by atoms with Crippen LogP contribution >= 0.6 is 11.6 Å². The Bertz CT molecular complexity index is 867. The molecule has 2 aromatic carbocycles. The van der Waals surface area contributed by atoms with Crippen LogP contribution in [0.3, 0.4) is 0 Å². The van der Waals surface area contributed by atoms with Gasteiger partial charge in [-0.2, -0.15) is 0 Å². The van der Waals surface area contributed by atoms with Gasteiger partial charge in [0.1, 0.15) is 0 Å². The van der Waals surface area contributed by atoms with Crippen LogP contribution in [0.25, 0.3) is 0 Å². The van der Waals surface area contributed by atoms with E-state index >= 15 is 0 Å². The van der Waals surface area contributed by atoms with Gasteiger partial charge in [-0.1, -0.05) is 23.7 Å². The van der Waals surface area contributed by atoms with Crippen LogP contribution in [0.1, 0.15) is 44.4 Å². The highest BCUT2D eigenvalue weighted by Crippen LogP contribution is 2.39. The number of amides is 1. The molecule has 1 aliphatic rings. The largest absolute Gasteiger partial charge is 0.466 e. The molecule has 0 fully saturated rings. The molecular formula is C22H25ClN2O3. The average Bonchev–Trinajstić information content (AvgIpc) is 2.64. The van der Waals surface area contributed by atoms with E-state index < -0.39 is 0 Å². The molecular weight excluding hydrogens is 376 g/mol. The van der Waals surface area contributed by atoms with Gasteiger partial charge < -0.3 is 15.0 Å². The Morgan fingerprint density at radius 2 is 1.93 bits per heavy atom. The van der Waals surface area contributed by atoms with Crippen molar-refractivity contribution in [3.8, 4) is 0 Å². The molecule has 0 spiro atoms. The van der Waals surface area contributed by atoms with Crippen LogP contribution < -0.4 is 10.2 Å². The number of benzene rings is 2. The summed E-state index contributed by atoms with van der Waals surface area (Å²) in [6.07, 6.45) is 0.975. The van der Waals surface area contributed by atoms with E-state index in [-0.39, 0.29) is 30.4 Å². The van der Waals surface area contributed by atoms with Gasteiger partial charge in [0.25, 0.3) is 0 Å². The minimum Gasteiger partial charge on any atom is -0.466 e. The van der Waals surface area contributed by atoms with Gasteiger partial charge in [0, 0.05) is 29.4 Å². The van der Waals surface area contributed by atoms with E-state index in [4.69, 9.17) is 16.3 Å². The lowest BCUT2D eigenvalue weighted by atomic mass is 9.89. The molecule has 0 radical (unpaired) electrons. The minimum absolute atomic E-state index is 0.0110. The molecule has 5 nitrogen and oxygen atoms in total. The number of rotatable bonds is 5. The zero-order chi connectivity index (χ0) is 20.3. The molecule has 0 aliphatic carbocycles. The second kappa shape index (κ2) is 8.65. The number of carbonyl (C=O) groups excluding carboxylic acids is 2. The Hall–Kier alpha value is -2.53. The van der Waals surface area contributed by atoms with Gasteiger partial charge in [-0.25, -0.2) is 0 Å². The van der Waals surface area contributed by atoms with Gasteiger partial charge in [-0.3, -0.25) is 9.59 Å². The molecule has 0 aromatic heterocycles. The maximum absolute atomic E-state index is 12.2. The van der Waals surface area contributed by atoms with Crippen molar-refractivity contribution in [1.29, 1.82) is 0 Å². The van der Waals surface area contributed by atoms with Crippen LogP contribution in [0.15, 0.2) is 42.5 Å². The van der Waals surface area contributed by atoms with E-state index in [1.165, 1.54) is 0 Å². The topological polar surface area (TPSA) is 58.6 Å². The summed E-state index contributed by atoms with van der Waals surface area (Å²) in [4.78, 5) is 26.0. The van der Waals surface area contributed by atoms with Crippen molar-refractivity contribution < 1.29 is 14.3 Å². The Morgan fingerprint density at radius 3 is 2.57 bits per heavy atom. The first kappa shape index (κ1) is 20.2. The quantitative estimate of drug-likeness (QED) is 0.736. The van der Waals surface area contributed by atoms with Crippen molar-refractivity contribution in [2.75, 3.05) is 16.8 Å². The number of ether oxygens (including phenoxy) is 1. The van der Waals surface area contributed by atoms with E-state index in [0.29, 0.717) is 11.6 Å². The molecule has 1 amide bonds. The molecule has 2 atom stereocenters. The first-order valence-corrected chi connectivity index (χ1v) is 9.87. The van der Waals surface area contributed by atoms with Crippen LogP contribution in [0.4, 0.5) is 11.4 Å². The highest BCUT2D eigenvalue weighted by atomic mass is 35.5. The predicted octanol–water partition coefficient (Wildman–Crippen LogP) is 4.74. The normalized spacial score (nSPS) is 18.4. The molecule has 0 saturated carbocycles. The lowest BCUT2D eigenvalue weighted by Crippen LogP contribution is -2.43. The summed E-state index contributed by atoms with van der Waals surface area (Å²) >= 11 is 5.99. The average molecular weight is 401 g/mol. The SMILES string of the molecule is CCOC(=O)Cc1ccc2c(c1)C(Nc1ccc(Cl)cc1)CC(C)N2C(C)=O. The van der Waals surface area contributed by atoms with Crippen molar-refractivity contribution >= 4 is 34.9 Å².